The number of anilines is 1. The fourth-order valence-corrected chi connectivity index (χ4v) is 1.38. The molecular formula is C10H15N3O. The Kier molecular flexibility index (Phi) is 2.84. The highest BCUT2D eigenvalue weighted by atomic mass is 16.5. The summed E-state index contributed by atoms with van der Waals surface area (Å²) in [7, 11) is 0. The van der Waals surface area contributed by atoms with Crippen LogP contribution in [0.15, 0.2) is 18.3 Å². The summed E-state index contributed by atoms with van der Waals surface area (Å²) in [6.45, 7) is 4.16. The van der Waals surface area contributed by atoms with E-state index in [2.05, 4.69) is 9.88 Å². The maximum atomic E-state index is 5.51. The Balaban J connectivity index is 1.71. The second-order valence-corrected chi connectivity index (χ2v) is 3.46. The molecule has 0 aromatic carbocycles. The molecule has 14 heavy (non-hydrogen) atoms. The summed E-state index contributed by atoms with van der Waals surface area (Å²) in [4.78, 5) is 6.32. The van der Waals surface area contributed by atoms with Gasteiger partial charge in [0.15, 0.2) is 0 Å². The third kappa shape index (κ3) is 2.35. The van der Waals surface area contributed by atoms with Gasteiger partial charge in [0.25, 0.3) is 0 Å². The van der Waals surface area contributed by atoms with E-state index in [0.29, 0.717) is 5.82 Å². The molecule has 0 saturated carbocycles. The predicted octanol–water partition coefficient (Wildman–Crippen LogP) is 0.748. The van der Waals surface area contributed by atoms with Gasteiger partial charge in [-0.1, -0.05) is 0 Å². The van der Waals surface area contributed by atoms with Crippen LogP contribution in [0.5, 0.6) is 5.75 Å². The molecule has 1 fully saturated rings. The number of aromatic nitrogens is 1. The van der Waals surface area contributed by atoms with Gasteiger partial charge >= 0.3 is 0 Å². The Morgan fingerprint density at radius 1 is 1.43 bits per heavy atom. The van der Waals surface area contributed by atoms with Gasteiger partial charge in [0, 0.05) is 6.54 Å². The third-order valence-corrected chi connectivity index (χ3v) is 2.38. The Morgan fingerprint density at radius 3 is 2.86 bits per heavy atom. The number of rotatable bonds is 4. The monoisotopic (exact) mass is 193 g/mol. The van der Waals surface area contributed by atoms with Crippen LogP contribution in [0.1, 0.15) is 6.42 Å². The number of hydrogen-bond donors (Lipinski definition) is 1. The molecule has 2 N–H and O–H groups in total. The molecule has 1 aliphatic heterocycles. The zero-order valence-electron chi connectivity index (χ0n) is 8.15. The van der Waals surface area contributed by atoms with Crippen molar-refractivity contribution in [3.05, 3.63) is 18.3 Å². The minimum atomic E-state index is 0.528. The van der Waals surface area contributed by atoms with Crippen LogP contribution in [0.3, 0.4) is 0 Å². The first-order chi connectivity index (χ1) is 6.84. The molecule has 1 aromatic heterocycles. The van der Waals surface area contributed by atoms with Crippen LogP contribution in [-0.2, 0) is 0 Å². The standard InChI is InChI=1S/C10H15N3O/c11-10-3-2-9(8-12-10)14-7-6-13-4-1-5-13/h2-3,8H,1,4-7H2,(H2,11,12). The number of nitrogens with two attached hydrogens (primary N) is 1. The Hall–Kier alpha value is -1.29. The zero-order valence-corrected chi connectivity index (χ0v) is 8.15. The van der Waals surface area contributed by atoms with E-state index in [4.69, 9.17) is 10.5 Å². The molecule has 1 saturated heterocycles. The number of hydrogen-bond acceptors (Lipinski definition) is 4. The summed E-state index contributed by atoms with van der Waals surface area (Å²) in [6, 6.07) is 3.59. The highest BCUT2D eigenvalue weighted by Gasteiger charge is 2.12. The summed E-state index contributed by atoms with van der Waals surface area (Å²) >= 11 is 0. The molecule has 0 radical (unpaired) electrons. The van der Waals surface area contributed by atoms with E-state index in [1.807, 2.05) is 6.07 Å². The highest BCUT2D eigenvalue weighted by Crippen LogP contribution is 2.10. The predicted molar refractivity (Wildman–Crippen MR) is 55.2 cm³/mol. The number of likely N-dealkylation sites (tertiary alicyclic amines) is 1. The van der Waals surface area contributed by atoms with Gasteiger partial charge in [-0.2, -0.15) is 0 Å². The summed E-state index contributed by atoms with van der Waals surface area (Å²) < 4.78 is 5.51. The lowest BCUT2D eigenvalue weighted by atomic mass is 10.2. The van der Waals surface area contributed by atoms with Gasteiger partial charge in [-0.15, -0.1) is 0 Å². The van der Waals surface area contributed by atoms with E-state index >= 15 is 0 Å². The van der Waals surface area contributed by atoms with E-state index in [0.717, 1.165) is 18.9 Å². The van der Waals surface area contributed by atoms with Crippen molar-refractivity contribution < 1.29 is 4.74 Å². The lowest BCUT2D eigenvalue weighted by molar-refractivity contribution is 0.147. The second kappa shape index (κ2) is 4.28. The molecule has 0 bridgehead atoms. The van der Waals surface area contributed by atoms with Gasteiger partial charge in [0.1, 0.15) is 18.2 Å². The topological polar surface area (TPSA) is 51.4 Å². The molecule has 2 rings (SSSR count). The normalized spacial score (nSPS) is 16.3. The number of nitrogen functional groups attached to an aromatic ring is 1. The van der Waals surface area contributed by atoms with Crippen LogP contribution in [-0.4, -0.2) is 36.1 Å². The number of nitrogens with zero attached hydrogens (tertiary/aromatic N) is 2. The molecule has 1 aromatic rings. The smallest absolute Gasteiger partial charge is 0.137 e. The summed E-state index contributed by atoms with van der Waals surface area (Å²) in [6.07, 6.45) is 2.98. The van der Waals surface area contributed by atoms with Crippen molar-refractivity contribution in [2.45, 2.75) is 6.42 Å². The quantitative estimate of drug-likeness (QED) is 0.766. The van der Waals surface area contributed by atoms with Crippen molar-refractivity contribution in [1.29, 1.82) is 0 Å². The first-order valence-electron chi connectivity index (χ1n) is 4.91. The van der Waals surface area contributed by atoms with Crippen molar-refractivity contribution >= 4 is 5.82 Å². The van der Waals surface area contributed by atoms with Crippen molar-refractivity contribution in [2.75, 3.05) is 32.0 Å². The van der Waals surface area contributed by atoms with Gasteiger partial charge in [-0.05, 0) is 31.6 Å². The molecule has 2 heterocycles. The fraction of sp³-hybridized carbons (Fsp3) is 0.500. The molecule has 76 valence electrons. The van der Waals surface area contributed by atoms with Gasteiger partial charge in [-0.25, -0.2) is 4.98 Å². The van der Waals surface area contributed by atoms with Crippen molar-refractivity contribution in [3.63, 3.8) is 0 Å². The molecule has 0 amide bonds. The Morgan fingerprint density at radius 2 is 2.29 bits per heavy atom. The second-order valence-electron chi connectivity index (χ2n) is 3.46. The molecular weight excluding hydrogens is 178 g/mol. The average molecular weight is 193 g/mol. The highest BCUT2D eigenvalue weighted by molar-refractivity contribution is 5.31. The lowest BCUT2D eigenvalue weighted by Crippen LogP contribution is -2.39. The van der Waals surface area contributed by atoms with E-state index in [9.17, 15) is 0 Å². The number of ether oxygens (including phenoxy) is 1. The van der Waals surface area contributed by atoms with Gasteiger partial charge < -0.3 is 10.5 Å². The van der Waals surface area contributed by atoms with Crippen LogP contribution in [0.25, 0.3) is 0 Å². The first-order valence-corrected chi connectivity index (χ1v) is 4.91. The molecule has 4 heteroatoms. The van der Waals surface area contributed by atoms with Crippen molar-refractivity contribution in [2.24, 2.45) is 0 Å². The van der Waals surface area contributed by atoms with Gasteiger partial charge in [0.05, 0.1) is 6.20 Å². The number of pyridine rings is 1. The minimum Gasteiger partial charge on any atom is -0.491 e. The molecule has 0 atom stereocenters. The molecule has 0 unspecified atom stereocenters. The van der Waals surface area contributed by atoms with Crippen LogP contribution in [0.2, 0.25) is 0 Å². The van der Waals surface area contributed by atoms with Crippen molar-refractivity contribution in [3.8, 4) is 5.75 Å². The zero-order chi connectivity index (χ0) is 9.80. The summed E-state index contributed by atoms with van der Waals surface area (Å²) in [5.74, 6) is 1.32. The van der Waals surface area contributed by atoms with E-state index in [-0.39, 0.29) is 0 Å². The molecule has 0 aliphatic carbocycles. The molecule has 0 spiro atoms. The summed E-state index contributed by atoms with van der Waals surface area (Å²) in [5, 5.41) is 0. The minimum absolute atomic E-state index is 0.528. The third-order valence-electron chi connectivity index (χ3n) is 2.38. The van der Waals surface area contributed by atoms with Gasteiger partial charge in [-0.3, -0.25) is 4.90 Å². The largest absolute Gasteiger partial charge is 0.491 e. The van der Waals surface area contributed by atoms with Crippen LogP contribution in [0.4, 0.5) is 5.82 Å². The summed E-state index contributed by atoms with van der Waals surface area (Å²) in [5.41, 5.74) is 5.46. The van der Waals surface area contributed by atoms with E-state index < -0.39 is 0 Å². The Labute approximate surface area is 83.7 Å². The molecule has 1 aliphatic rings. The maximum Gasteiger partial charge on any atom is 0.137 e. The van der Waals surface area contributed by atoms with Crippen LogP contribution in [0, 0.1) is 0 Å². The molecule has 4 nitrogen and oxygen atoms in total. The van der Waals surface area contributed by atoms with Crippen molar-refractivity contribution in [1.82, 2.24) is 9.88 Å². The first kappa shape index (κ1) is 9.27. The Bertz CT molecular complexity index is 282. The average Bonchev–Trinajstić information content (AvgIpc) is 2.12. The van der Waals surface area contributed by atoms with E-state index in [1.165, 1.54) is 19.5 Å². The fourth-order valence-electron chi connectivity index (χ4n) is 1.38. The van der Waals surface area contributed by atoms with Crippen LogP contribution < -0.4 is 10.5 Å². The SMILES string of the molecule is Nc1ccc(OCCN2CCC2)cn1. The van der Waals surface area contributed by atoms with Crippen LogP contribution >= 0.6 is 0 Å². The maximum absolute atomic E-state index is 5.51. The van der Waals surface area contributed by atoms with E-state index in [1.54, 1.807) is 12.3 Å². The van der Waals surface area contributed by atoms with Gasteiger partial charge in [0.2, 0.25) is 0 Å². The lowest BCUT2D eigenvalue weighted by Gasteiger charge is -2.30.